The van der Waals surface area contributed by atoms with Crippen molar-refractivity contribution in [3.8, 4) is 11.1 Å². The number of hydrogen-bond acceptors (Lipinski definition) is 1. The lowest BCUT2D eigenvalue weighted by atomic mass is 9.75. The molecule has 0 aromatic carbocycles. The zero-order valence-electron chi connectivity index (χ0n) is 18.8. The van der Waals surface area contributed by atoms with Gasteiger partial charge in [-0.1, -0.05) is 38.5 Å². The number of hydrogen-bond donors (Lipinski definition) is 0. The maximum atomic E-state index is 6.63. The van der Waals surface area contributed by atoms with Crippen LogP contribution in [0.25, 0.3) is 11.1 Å². The molecule has 2 heterocycles. The van der Waals surface area contributed by atoms with Crippen molar-refractivity contribution in [1.82, 2.24) is 0 Å². The molecule has 0 aliphatic heterocycles. The second-order valence-electron chi connectivity index (χ2n) is 9.56. The maximum Gasteiger partial charge on any atom is 0.169 e. The number of aromatic nitrogens is 2. The lowest BCUT2D eigenvalue weighted by Crippen LogP contribution is -2.37. The smallest absolute Gasteiger partial charge is 0.169 e. The fourth-order valence-electron chi connectivity index (χ4n) is 5.54. The van der Waals surface area contributed by atoms with Gasteiger partial charge in [-0.2, -0.15) is 0 Å². The molecule has 2 aromatic heterocycles. The minimum atomic E-state index is 0.525. The van der Waals surface area contributed by atoms with E-state index in [0.29, 0.717) is 6.10 Å². The van der Waals surface area contributed by atoms with Gasteiger partial charge >= 0.3 is 0 Å². The molecular formula is C27H40N2O+2. The van der Waals surface area contributed by atoms with E-state index in [0.717, 1.165) is 31.4 Å². The summed E-state index contributed by atoms with van der Waals surface area (Å²) >= 11 is 0. The number of nitrogens with zero attached hydrogens (tertiary/aromatic N) is 2. The van der Waals surface area contributed by atoms with Crippen LogP contribution in [-0.4, -0.2) is 12.7 Å². The Bertz CT molecular complexity index is 725. The van der Waals surface area contributed by atoms with Gasteiger partial charge in [-0.05, 0) is 48.6 Å². The summed E-state index contributed by atoms with van der Waals surface area (Å²) in [5.41, 5.74) is 2.55. The first-order valence-electron chi connectivity index (χ1n) is 12.4. The molecule has 30 heavy (non-hydrogen) atoms. The topological polar surface area (TPSA) is 17.0 Å². The van der Waals surface area contributed by atoms with Crippen molar-refractivity contribution < 1.29 is 13.9 Å². The number of rotatable bonds is 8. The number of pyridine rings is 2. The standard InChI is InChI=1S/C27H40N2O/c1-28-18-13-23(14-19-28)24-15-20-29(21-16-24)17-8-22-30-27(25-9-4-2-5-10-25)26-11-6-3-7-12-26/h13-16,18-21,25-27H,2-12,17,22H2,1H3/q+2. The summed E-state index contributed by atoms with van der Waals surface area (Å²) in [6.07, 6.45) is 24.4. The fourth-order valence-corrected chi connectivity index (χ4v) is 5.54. The van der Waals surface area contributed by atoms with Gasteiger partial charge in [0.15, 0.2) is 31.3 Å². The van der Waals surface area contributed by atoms with E-state index in [1.54, 1.807) is 0 Å². The quantitative estimate of drug-likeness (QED) is 0.422. The Balaban J connectivity index is 1.27. The number of aryl methyl sites for hydroxylation is 2. The molecule has 0 atom stereocenters. The molecule has 0 spiro atoms. The van der Waals surface area contributed by atoms with Crippen molar-refractivity contribution in [1.29, 1.82) is 0 Å². The van der Waals surface area contributed by atoms with Gasteiger partial charge in [0.05, 0.1) is 12.7 Å². The molecule has 0 unspecified atom stereocenters. The van der Waals surface area contributed by atoms with Crippen LogP contribution in [-0.2, 0) is 18.3 Å². The third-order valence-electron chi connectivity index (χ3n) is 7.30. The summed E-state index contributed by atoms with van der Waals surface area (Å²) in [7, 11) is 2.05. The Morgan fingerprint density at radius 2 is 1.27 bits per heavy atom. The molecular weight excluding hydrogens is 368 g/mol. The zero-order chi connectivity index (χ0) is 20.6. The Morgan fingerprint density at radius 1 is 0.767 bits per heavy atom. The predicted molar refractivity (Wildman–Crippen MR) is 121 cm³/mol. The van der Waals surface area contributed by atoms with E-state index in [4.69, 9.17) is 4.74 Å². The van der Waals surface area contributed by atoms with E-state index in [1.165, 1.54) is 75.3 Å². The van der Waals surface area contributed by atoms with Crippen LogP contribution >= 0.6 is 0 Å². The highest BCUT2D eigenvalue weighted by Gasteiger charge is 2.32. The molecule has 3 heteroatoms. The molecule has 162 valence electrons. The lowest BCUT2D eigenvalue weighted by molar-refractivity contribution is -0.697. The second kappa shape index (κ2) is 11.0. The zero-order valence-corrected chi connectivity index (χ0v) is 18.8. The molecule has 0 radical (unpaired) electrons. The lowest BCUT2D eigenvalue weighted by Gasteiger charge is -2.37. The minimum Gasteiger partial charge on any atom is -0.377 e. The van der Waals surface area contributed by atoms with Crippen LogP contribution in [0.5, 0.6) is 0 Å². The summed E-state index contributed by atoms with van der Waals surface area (Å²) in [4.78, 5) is 0. The minimum absolute atomic E-state index is 0.525. The monoisotopic (exact) mass is 408 g/mol. The van der Waals surface area contributed by atoms with Gasteiger partial charge in [0.25, 0.3) is 0 Å². The average Bonchev–Trinajstić information content (AvgIpc) is 2.81. The van der Waals surface area contributed by atoms with Crippen LogP contribution < -0.4 is 9.13 Å². The Labute approximate surface area is 183 Å². The molecule has 0 N–H and O–H groups in total. The predicted octanol–water partition coefficient (Wildman–Crippen LogP) is 5.40. The highest BCUT2D eigenvalue weighted by atomic mass is 16.5. The Kier molecular flexibility index (Phi) is 7.91. The summed E-state index contributed by atoms with van der Waals surface area (Å²) in [6.45, 7) is 1.94. The molecule has 0 saturated heterocycles. The maximum absolute atomic E-state index is 6.63. The summed E-state index contributed by atoms with van der Waals surface area (Å²) in [6, 6.07) is 8.79. The van der Waals surface area contributed by atoms with Crippen LogP contribution in [0.4, 0.5) is 0 Å². The van der Waals surface area contributed by atoms with E-state index in [2.05, 4.69) is 65.2 Å². The summed E-state index contributed by atoms with van der Waals surface area (Å²) in [5, 5.41) is 0. The van der Waals surface area contributed by atoms with Gasteiger partial charge in [0.1, 0.15) is 7.05 Å². The van der Waals surface area contributed by atoms with Crippen molar-refractivity contribution in [2.45, 2.75) is 83.3 Å². The molecule has 2 aliphatic rings. The normalized spacial score (nSPS) is 18.7. The van der Waals surface area contributed by atoms with E-state index in [-0.39, 0.29) is 0 Å². The van der Waals surface area contributed by atoms with Crippen LogP contribution in [0.3, 0.4) is 0 Å². The van der Waals surface area contributed by atoms with E-state index in [9.17, 15) is 0 Å². The SMILES string of the molecule is C[n+]1ccc(-c2cc[n+](CCCOC(C3CCCCC3)C3CCCCC3)cc2)cc1. The molecule has 3 nitrogen and oxygen atoms in total. The largest absolute Gasteiger partial charge is 0.377 e. The molecule has 0 bridgehead atoms. The van der Waals surface area contributed by atoms with Gasteiger partial charge in [-0.25, -0.2) is 9.13 Å². The fraction of sp³-hybridized carbons (Fsp3) is 0.630. The van der Waals surface area contributed by atoms with Gasteiger partial charge in [-0.15, -0.1) is 0 Å². The van der Waals surface area contributed by atoms with Crippen molar-refractivity contribution in [3.63, 3.8) is 0 Å². The van der Waals surface area contributed by atoms with Gasteiger partial charge < -0.3 is 4.74 Å². The third kappa shape index (κ3) is 5.91. The van der Waals surface area contributed by atoms with Crippen LogP contribution in [0.1, 0.15) is 70.6 Å². The summed E-state index contributed by atoms with van der Waals surface area (Å²) in [5.74, 6) is 1.64. The second-order valence-corrected chi connectivity index (χ2v) is 9.56. The average molecular weight is 409 g/mol. The van der Waals surface area contributed by atoms with Crippen molar-refractivity contribution in [2.75, 3.05) is 6.61 Å². The van der Waals surface area contributed by atoms with Crippen LogP contribution in [0, 0.1) is 11.8 Å². The number of ether oxygens (including phenoxy) is 1. The highest BCUT2D eigenvalue weighted by Crippen LogP contribution is 2.37. The van der Waals surface area contributed by atoms with E-state index < -0.39 is 0 Å². The first kappa shape index (κ1) is 21.5. The first-order valence-corrected chi connectivity index (χ1v) is 12.4. The van der Waals surface area contributed by atoms with Crippen molar-refractivity contribution in [2.24, 2.45) is 18.9 Å². The van der Waals surface area contributed by atoms with Crippen LogP contribution in [0.15, 0.2) is 49.1 Å². The highest BCUT2D eigenvalue weighted by molar-refractivity contribution is 5.60. The van der Waals surface area contributed by atoms with Crippen molar-refractivity contribution >= 4 is 0 Å². The molecule has 0 amide bonds. The third-order valence-corrected chi connectivity index (χ3v) is 7.30. The van der Waals surface area contributed by atoms with Crippen LogP contribution in [0.2, 0.25) is 0 Å². The van der Waals surface area contributed by atoms with Gasteiger partial charge in [-0.3, -0.25) is 0 Å². The molecule has 2 aliphatic carbocycles. The molecule has 2 saturated carbocycles. The molecule has 2 fully saturated rings. The summed E-state index contributed by atoms with van der Waals surface area (Å²) < 4.78 is 11.0. The Morgan fingerprint density at radius 3 is 1.80 bits per heavy atom. The Hall–Kier alpha value is -1.74. The van der Waals surface area contributed by atoms with Crippen molar-refractivity contribution in [3.05, 3.63) is 49.1 Å². The van der Waals surface area contributed by atoms with Gasteiger partial charge in [0, 0.05) is 30.7 Å². The van der Waals surface area contributed by atoms with E-state index in [1.807, 2.05) is 0 Å². The van der Waals surface area contributed by atoms with Gasteiger partial charge in [0.2, 0.25) is 0 Å². The molecule has 4 rings (SSSR count). The first-order chi connectivity index (χ1) is 14.8. The molecule has 2 aromatic rings. The van der Waals surface area contributed by atoms with E-state index >= 15 is 0 Å².